The first-order valence-electron chi connectivity index (χ1n) is 9.76. The molecule has 2 amide bonds. The summed E-state index contributed by atoms with van der Waals surface area (Å²) < 4.78 is 0. The quantitative estimate of drug-likeness (QED) is 0.389. The molecule has 0 spiro atoms. The van der Waals surface area contributed by atoms with Crippen molar-refractivity contribution in [3.05, 3.63) is 67.6 Å². The average molecular weight is 522 g/mol. The highest BCUT2D eigenvalue weighted by atomic mass is 35.5. The number of carbonyl (C=O) groups excluding carboxylic acids is 2. The lowest BCUT2D eigenvalue weighted by Crippen LogP contribution is -2.48. The van der Waals surface area contributed by atoms with Crippen molar-refractivity contribution in [3.8, 4) is 0 Å². The molecule has 2 rings (SSSR count). The van der Waals surface area contributed by atoms with Gasteiger partial charge in [-0.1, -0.05) is 65.5 Å². The summed E-state index contributed by atoms with van der Waals surface area (Å²) in [5.41, 5.74) is 1.50. The maximum Gasteiger partial charge on any atom is 0.242 e. The van der Waals surface area contributed by atoms with Gasteiger partial charge >= 0.3 is 0 Å². The fourth-order valence-corrected chi connectivity index (χ4v) is 4.92. The van der Waals surface area contributed by atoms with E-state index in [1.807, 2.05) is 6.92 Å². The summed E-state index contributed by atoms with van der Waals surface area (Å²) in [5.74, 6) is 0.256. The standard InChI is InChI=1S/C22H24Cl4N2O2S/c1-3-9-27-22(30)14(2)28(11-15-7-8-16(23)10-20(15)26)21(29)13-31-12-17-18(24)5-4-6-19(17)25/h4-8,10,14H,3,9,11-13H2,1-2H3,(H,27,30)/t14-/m0/s1. The van der Waals surface area contributed by atoms with Crippen LogP contribution in [0.15, 0.2) is 36.4 Å². The van der Waals surface area contributed by atoms with Crippen molar-refractivity contribution < 1.29 is 9.59 Å². The third kappa shape index (κ3) is 7.76. The molecule has 0 unspecified atom stereocenters. The monoisotopic (exact) mass is 520 g/mol. The molecule has 1 atom stereocenters. The Morgan fingerprint density at radius 1 is 1.06 bits per heavy atom. The lowest BCUT2D eigenvalue weighted by molar-refractivity contribution is -0.138. The Labute approximate surface area is 207 Å². The van der Waals surface area contributed by atoms with Crippen LogP contribution in [0.1, 0.15) is 31.4 Å². The second kappa shape index (κ2) is 12.8. The minimum absolute atomic E-state index is 0.165. The minimum atomic E-state index is -0.657. The summed E-state index contributed by atoms with van der Waals surface area (Å²) in [6, 6.07) is 9.74. The Morgan fingerprint density at radius 3 is 2.35 bits per heavy atom. The Hall–Kier alpha value is -1.11. The summed E-state index contributed by atoms with van der Waals surface area (Å²) in [4.78, 5) is 27.2. The summed E-state index contributed by atoms with van der Waals surface area (Å²) in [7, 11) is 0. The van der Waals surface area contributed by atoms with Crippen LogP contribution in [0.5, 0.6) is 0 Å². The van der Waals surface area contributed by atoms with Crippen molar-refractivity contribution in [1.82, 2.24) is 10.2 Å². The van der Waals surface area contributed by atoms with Crippen LogP contribution in [-0.4, -0.2) is 35.1 Å². The molecule has 0 heterocycles. The zero-order valence-corrected chi connectivity index (χ0v) is 21.1. The van der Waals surface area contributed by atoms with Crippen LogP contribution in [-0.2, 0) is 21.9 Å². The molecule has 0 radical (unpaired) electrons. The molecule has 31 heavy (non-hydrogen) atoms. The van der Waals surface area contributed by atoms with E-state index in [4.69, 9.17) is 46.4 Å². The van der Waals surface area contributed by atoms with Crippen LogP contribution < -0.4 is 5.32 Å². The van der Waals surface area contributed by atoms with Crippen molar-refractivity contribution in [3.63, 3.8) is 0 Å². The van der Waals surface area contributed by atoms with Crippen LogP contribution in [0.3, 0.4) is 0 Å². The molecule has 2 aromatic carbocycles. The summed E-state index contributed by atoms with van der Waals surface area (Å²) >= 11 is 26.1. The predicted octanol–water partition coefficient (Wildman–Crippen LogP) is 6.48. The summed E-state index contributed by atoms with van der Waals surface area (Å²) in [6.45, 7) is 4.43. The molecule has 1 N–H and O–H groups in total. The number of rotatable bonds is 10. The first-order valence-corrected chi connectivity index (χ1v) is 12.4. The van der Waals surface area contributed by atoms with Crippen LogP contribution >= 0.6 is 58.2 Å². The molecule has 0 saturated heterocycles. The maximum atomic E-state index is 13.1. The van der Waals surface area contributed by atoms with E-state index in [2.05, 4.69) is 5.32 Å². The van der Waals surface area contributed by atoms with E-state index >= 15 is 0 Å². The van der Waals surface area contributed by atoms with Crippen molar-refractivity contribution in [2.75, 3.05) is 12.3 Å². The van der Waals surface area contributed by atoms with Gasteiger partial charge in [-0.3, -0.25) is 9.59 Å². The first-order chi connectivity index (χ1) is 14.7. The van der Waals surface area contributed by atoms with E-state index in [9.17, 15) is 9.59 Å². The van der Waals surface area contributed by atoms with Gasteiger partial charge < -0.3 is 10.2 Å². The number of nitrogens with zero attached hydrogens (tertiary/aromatic N) is 1. The van der Waals surface area contributed by atoms with Gasteiger partial charge in [-0.15, -0.1) is 11.8 Å². The number of nitrogens with one attached hydrogen (secondary N) is 1. The normalized spacial score (nSPS) is 11.8. The van der Waals surface area contributed by atoms with E-state index in [-0.39, 0.29) is 24.1 Å². The van der Waals surface area contributed by atoms with E-state index in [0.29, 0.717) is 38.0 Å². The van der Waals surface area contributed by atoms with Gasteiger partial charge in [-0.2, -0.15) is 0 Å². The van der Waals surface area contributed by atoms with Crippen LogP contribution in [0.4, 0.5) is 0 Å². The van der Waals surface area contributed by atoms with Gasteiger partial charge in [0.1, 0.15) is 6.04 Å². The smallest absolute Gasteiger partial charge is 0.242 e. The average Bonchev–Trinajstić information content (AvgIpc) is 2.73. The van der Waals surface area contributed by atoms with Crippen molar-refractivity contribution in [2.24, 2.45) is 0 Å². The van der Waals surface area contributed by atoms with E-state index in [1.54, 1.807) is 43.3 Å². The van der Waals surface area contributed by atoms with Gasteiger partial charge in [0.05, 0.1) is 5.75 Å². The molecule has 0 bridgehead atoms. The first kappa shape index (κ1) is 26.1. The second-order valence-corrected chi connectivity index (χ2v) is 9.56. The largest absolute Gasteiger partial charge is 0.354 e. The van der Waals surface area contributed by atoms with Gasteiger partial charge in [0.25, 0.3) is 0 Å². The zero-order valence-electron chi connectivity index (χ0n) is 17.3. The molecular formula is C22H24Cl4N2O2S. The van der Waals surface area contributed by atoms with E-state index < -0.39 is 6.04 Å². The molecule has 9 heteroatoms. The molecular weight excluding hydrogens is 498 g/mol. The minimum Gasteiger partial charge on any atom is -0.354 e. The topological polar surface area (TPSA) is 49.4 Å². The van der Waals surface area contributed by atoms with Crippen LogP contribution in [0.25, 0.3) is 0 Å². The Bertz CT molecular complexity index is 906. The highest BCUT2D eigenvalue weighted by Crippen LogP contribution is 2.29. The third-order valence-corrected chi connectivity index (χ3v) is 6.84. The molecule has 2 aromatic rings. The summed E-state index contributed by atoms with van der Waals surface area (Å²) in [6.07, 6.45) is 0.809. The zero-order chi connectivity index (χ0) is 23.0. The third-order valence-electron chi connectivity index (χ3n) is 4.61. The van der Waals surface area contributed by atoms with E-state index in [1.165, 1.54) is 16.7 Å². The number of hydrogen-bond donors (Lipinski definition) is 1. The van der Waals surface area contributed by atoms with Crippen LogP contribution in [0, 0.1) is 0 Å². The van der Waals surface area contributed by atoms with Crippen molar-refractivity contribution >= 4 is 70.0 Å². The lowest BCUT2D eigenvalue weighted by Gasteiger charge is -2.29. The number of hydrogen-bond acceptors (Lipinski definition) is 3. The fraction of sp³-hybridized carbons (Fsp3) is 0.364. The van der Waals surface area contributed by atoms with Crippen LogP contribution in [0.2, 0.25) is 20.1 Å². The number of carbonyl (C=O) groups is 2. The van der Waals surface area contributed by atoms with Gasteiger partial charge in [-0.25, -0.2) is 0 Å². The van der Waals surface area contributed by atoms with Gasteiger partial charge in [0.15, 0.2) is 0 Å². The SMILES string of the molecule is CCCNC(=O)[C@H](C)N(Cc1ccc(Cl)cc1Cl)C(=O)CSCc1c(Cl)cccc1Cl. The fourth-order valence-electron chi connectivity index (χ4n) is 2.81. The molecule has 168 valence electrons. The predicted molar refractivity (Wildman–Crippen MR) is 132 cm³/mol. The molecule has 0 aliphatic heterocycles. The highest BCUT2D eigenvalue weighted by Gasteiger charge is 2.26. The number of benzene rings is 2. The molecule has 0 aliphatic rings. The number of thioether (sulfide) groups is 1. The molecule has 0 saturated carbocycles. The molecule has 0 aliphatic carbocycles. The maximum absolute atomic E-state index is 13.1. The molecule has 0 aromatic heterocycles. The second-order valence-electron chi connectivity index (χ2n) is 6.92. The highest BCUT2D eigenvalue weighted by molar-refractivity contribution is 7.99. The lowest BCUT2D eigenvalue weighted by atomic mass is 10.1. The molecule has 0 fully saturated rings. The summed E-state index contributed by atoms with van der Waals surface area (Å²) in [5, 5.41) is 4.92. The van der Waals surface area contributed by atoms with E-state index in [0.717, 1.165) is 12.0 Å². The van der Waals surface area contributed by atoms with Crippen molar-refractivity contribution in [2.45, 2.75) is 38.6 Å². The number of halogens is 4. The van der Waals surface area contributed by atoms with Gasteiger partial charge in [-0.05, 0) is 48.7 Å². The number of amides is 2. The Morgan fingerprint density at radius 2 is 1.74 bits per heavy atom. The van der Waals surface area contributed by atoms with Crippen molar-refractivity contribution in [1.29, 1.82) is 0 Å². The van der Waals surface area contributed by atoms with Gasteiger partial charge in [0.2, 0.25) is 11.8 Å². The van der Waals surface area contributed by atoms with Gasteiger partial charge in [0, 0.05) is 38.9 Å². The Balaban J connectivity index is 2.14. The molecule has 4 nitrogen and oxygen atoms in total. The Kier molecular flexibility index (Phi) is 10.8.